The molecular weight excluding hydrogens is 412 g/mol. The molecule has 0 fully saturated rings. The van der Waals surface area contributed by atoms with Crippen molar-refractivity contribution in [2.75, 3.05) is 17.7 Å². The first kappa shape index (κ1) is 19.6. The molecule has 0 spiro atoms. The average molecular weight is 435 g/mol. The lowest BCUT2D eigenvalue weighted by Gasteiger charge is -2.23. The van der Waals surface area contributed by atoms with Gasteiger partial charge in [-0.3, -0.25) is 0 Å². The van der Waals surface area contributed by atoms with Crippen LogP contribution in [-0.4, -0.2) is 26.1 Å². The number of rotatable bonds is 6. The lowest BCUT2D eigenvalue weighted by Crippen LogP contribution is -2.24. The summed E-state index contributed by atoms with van der Waals surface area (Å²) in [5.41, 5.74) is 7.98. The number of ether oxygens (including phenoxy) is 1. The number of pyridine rings is 2. The van der Waals surface area contributed by atoms with Crippen LogP contribution in [0.25, 0.3) is 10.8 Å². The number of aryl methyl sites for hydroxylation is 1. The van der Waals surface area contributed by atoms with Crippen molar-refractivity contribution >= 4 is 33.9 Å². The fourth-order valence-corrected chi connectivity index (χ4v) is 4.15. The van der Waals surface area contributed by atoms with E-state index in [0.717, 1.165) is 47.2 Å². The maximum Gasteiger partial charge on any atom is 0.213 e. The molecular formula is C23H23ClN6O. The van der Waals surface area contributed by atoms with Crippen LogP contribution in [0.5, 0.6) is 5.88 Å². The van der Waals surface area contributed by atoms with Crippen molar-refractivity contribution in [1.82, 2.24) is 19.5 Å². The van der Waals surface area contributed by atoms with Gasteiger partial charge in [-0.25, -0.2) is 15.0 Å². The van der Waals surface area contributed by atoms with Gasteiger partial charge in [0.05, 0.1) is 11.6 Å². The summed E-state index contributed by atoms with van der Waals surface area (Å²) in [6.07, 6.45) is 9.30. The van der Waals surface area contributed by atoms with Crippen molar-refractivity contribution in [3.8, 4) is 5.88 Å². The van der Waals surface area contributed by atoms with Gasteiger partial charge < -0.3 is 20.4 Å². The third-order valence-corrected chi connectivity index (χ3v) is 5.99. The molecule has 0 saturated carbocycles. The molecule has 7 nitrogen and oxygen atoms in total. The van der Waals surface area contributed by atoms with Crippen molar-refractivity contribution in [2.45, 2.75) is 25.9 Å². The van der Waals surface area contributed by atoms with E-state index in [9.17, 15) is 0 Å². The Balaban J connectivity index is 1.21. The largest absolute Gasteiger partial charge is 0.477 e. The van der Waals surface area contributed by atoms with E-state index in [1.54, 1.807) is 12.4 Å². The molecule has 8 heteroatoms. The van der Waals surface area contributed by atoms with Crippen LogP contribution < -0.4 is 15.8 Å². The van der Waals surface area contributed by atoms with E-state index in [4.69, 9.17) is 22.1 Å². The maximum absolute atomic E-state index is 6.28. The Kier molecular flexibility index (Phi) is 5.34. The standard InChI is InChI=1S/C23H23ClN6O/c24-20-13-29-23(25)18-2-1-17(11-19(18)20)28-12-15-3-5-27-22(10-15)31-14-16-4-7-30-8-6-26-21(30)9-16/h1-3,5-6,8,10-11,13,16,28H,4,7,9,12,14H2,(H2,25,29)/t16-/m1/s1. The third kappa shape index (κ3) is 4.27. The van der Waals surface area contributed by atoms with E-state index in [-0.39, 0.29) is 0 Å². The Morgan fingerprint density at radius 1 is 1.13 bits per heavy atom. The fourth-order valence-electron chi connectivity index (χ4n) is 3.94. The van der Waals surface area contributed by atoms with Gasteiger partial charge in [-0.1, -0.05) is 11.6 Å². The van der Waals surface area contributed by atoms with Crippen molar-refractivity contribution in [3.05, 3.63) is 71.5 Å². The first-order valence-electron chi connectivity index (χ1n) is 10.3. The molecule has 0 saturated heterocycles. The smallest absolute Gasteiger partial charge is 0.213 e. The predicted octanol–water partition coefficient (Wildman–Crippen LogP) is 4.32. The maximum atomic E-state index is 6.28. The third-order valence-electron chi connectivity index (χ3n) is 5.68. The van der Waals surface area contributed by atoms with E-state index in [1.165, 1.54) is 0 Å². The second kappa shape index (κ2) is 8.43. The molecule has 1 aromatic carbocycles. The first-order chi connectivity index (χ1) is 15.2. The number of hydrogen-bond donors (Lipinski definition) is 2. The number of nitrogen functional groups attached to an aromatic ring is 1. The van der Waals surface area contributed by atoms with Crippen molar-refractivity contribution in [1.29, 1.82) is 0 Å². The zero-order valence-electron chi connectivity index (χ0n) is 17.0. The summed E-state index contributed by atoms with van der Waals surface area (Å²) < 4.78 is 8.22. The summed E-state index contributed by atoms with van der Waals surface area (Å²) >= 11 is 6.28. The number of hydrogen-bond acceptors (Lipinski definition) is 6. The van der Waals surface area contributed by atoms with Crippen LogP contribution in [0, 0.1) is 5.92 Å². The first-order valence-corrected chi connectivity index (χ1v) is 10.7. The van der Waals surface area contributed by atoms with Crippen molar-refractivity contribution in [3.63, 3.8) is 0 Å². The van der Waals surface area contributed by atoms with Gasteiger partial charge >= 0.3 is 0 Å². The highest BCUT2D eigenvalue weighted by molar-refractivity contribution is 6.35. The average Bonchev–Trinajstić information content (AvgIpc) is 3.27. The number of anilines is 2. The summed E-state index contributed by atoms with van der Waals surface area (Å²) in [6, 6.07) is 9.85. The number of nitrogens with zero attached hydrogens (tertiary/aromatic N) is 4. The van der Waals surface area contributed by atoms with E-state index in [0.29, 0.717) is 35.8 Å². The summed E-state index contributed by atoms with van der Waals surface area (Å²) in [5, 5.41) is 5.74. The zero-order chi connectivity index (χ0) is 21.2. The van der Waals surface area contributed by atoms with Crippen LogP contribution in [0.1, 0.15) is 17.8 Å². The molecule has 0 aliphatic carbocycles. The molecule has 1 aliphatic heterocycles. The van der Waals surface area contributed by atoms with Crippen molar-refractivity contribution in [2.24, 2.45) is 5.92 Å². The van der Waals surface area contributed by atoms with E-state index in [2.05, 4.69) is 24.8 Å². The minimum Gasteiger partial charge on any atom is -0.477 e. The summed E-state index contributed by atoms with van der Waals surface area (Å²) in [6.45, 7) is 2.29. The van der Waals surface area contributed by atoms with Gasteiger partial charge in [0.1, 0.15) is 11.6 Å². The van der Waals surface area contributed by atoms with Gasteiger partial charge in [0.15, 0.2) is 0 Å². The van der Waals surface area contributed by atoms with Gasteiger partial charge in [0.2, 0.25) is 5.88 Å². The van der Waals surface area contributed by atoms with Crippen LogP contribution in [-0.2, 0) is 19.5 Å². The van der Waals surface area contributed by atoms with E-state index in [1.807, 2.05) is 42.7 Å². The Labute approximate surface area is 185 Å². The molecule has 31 heavy (non-hydrogen) atoms. The number of fused-ring (bicyclic) bond motifs is 2. The molecule has 0 bridgehead atoms. The molecule has 158 valence electrons. The molecule has 0 amide bonds. The van der Waals surface area contributed by atoms with Crippen LogP contribution in [0.15, 0.2) is 55.1 Å². The molecule has 0 unspecified atom stereocenters. The summed E-state index contributed by atoms with van der Waals surface area (Å²) in [7, 11) is 0. The quantitative estimate of drug-likeness (QED) is 0.469. The Morgan fingerprint density at radius 2 is 2.06 bits per heavy atom. The van der Waals surface area contributed by atoms with Crippen molar-refractivity contribution < 1.29 is 4.74 Å². The number of imidazole rings is 1. The molecule has 1 aliphatic rings. The second-order valence-electron chi connectivity index (χ2n) is 7.81. The normalized spacial score (nSPS) is 15.6. The lowest BCUT2D eigenvalue weighted by molar-refractivity contribution is 0.212. The van der Waals surface area contributed by atoms with Gasteiger partial charge in [-0.15, -0.1) is 0 Å². The number of nitrogens with two attached hydrogens (primary N) is 1. The highest BCUT2D eigenvalue weighted by Gasteiger charge is 2.19. The minimum absolute atomic E-state index is 0.461. The summed E-state index contributed by atoms with van der Waals surface area (Å²) in [4.78, 5) is 12.9. The van der Waals surface area contributed by atoms with Gasteiger partial charge in [-0.2, -0.15) is 0 Å². The minimum atomic E-state index is 0.461. The van der Waals surface area contributed by atoms with Gasteiger partial charge in [0, 0.05) is 72.7 Å². The molecule has 4 heterocycles. The van der Waals surface area contributed by atoms with Crippen LogP contribution >= 0.6 is 11.6 Å². The highest BCUT2D eigenvalue weighted by Crippen LogP contribution is 2.29. The fraction of sp³-hybridized carbons (Fsp3) is 0.261. The zero-order valence-corrected chi connectivity index (χ0v) is 17.7. The molecule has 0 radical (unpaired) electrons. The Hall–Kier alpha value is -3.32. The number of nitrogens with one attached hydrogen (secondary N) is 1. The molecule has 4 aromatic rings. The second-order valence-corrected chi connectivity index (χ2v) is 8.22. The monoisotopic (exact) mass is 434 g/mol. The van der Waals surface area contributed by atoms with Gasteiger partial charge in [-0.05, 0) is 36.2 Å². The number of aromatic nitrogens is 4. The molecule has 5 rings (SSSR count). The Bertz CT molecular complexity index is 1220. The van der Waals surface area contributed by atoms with Crippen LogP contribution in [0.3, 0.4) is 0 Å². The SMILES string of the molecule is Nc1ncc(Cl)c2cc(NCc3ccnc(OC[C@@H]4CCn5ccnc5C4)c3)ccc12. The van der Waals surface area contributed by atoms with Crippen LogP contribution in [0.4, 0.5) is 11.5 Å². The van der Waals surface area contributed by atoms with E-state index >= 15 is 0 Å². The summed E-state index contributed by atoms with van der Waals surface area (Å²) in [5.74, 6) is 2.72. The van der Waals surface area contributed by atoms with Gasteiger partial charge in [0.25, 0.3) is 0 Å². The molecule has 3 N–H and O–H groups in total. The highest BCUT2D eigenvalue weighted by atomic mass is 35.5. The number of halogens is 1. The molecule has 1 atom stereocenters. The molecule has 3 aromatic heterocycles. The number of benzene rings is 1. The Morgan fingerprint density at radius 3 is 3.00 bits per heavy atom. The van der Waals surface area contributed by atoms with Crippen LogP contribution in [0.2, 0.25) is 5.02 Å². The lowest BCUT2D eigenvalue weighted by atomic mass is 9.99. The topological polar surface area (TPSA) is 90.9 Å². The predicted molar refractivity (Wildman–Crippen MR) is 122 cm³/mol. The van der Waals surface area contributed by atoms with E-state index < -0.39 is 0 Å².